The summed E-state index contributed by atoms with van der Waals surface area (Å²) in [5, 5.41) is 12.1. The number of amides is 1. The Hall–Kier alpha value is -2.02. The maximum atomic E-state index is 12.4. The van der Waals surface area contributed by atoms with Crippen molar-refractivity contribution >= 4 is 17.7 Å². The molecule has 7 heteroatoms. The number of nitrogens with two attached hydrogens (primary N) is 1. The third kappa shape index (κ3) is 5.98. The third-order valence-corrected chi connectivity index (χ3v) is 6.42. The van der Waals surface area contributed by atoms with E-state index in [1.54, 1.807) is 0 Å². The molecular weight excluding hydrogens is 382 g/mol. The fourth-order valence-corrected chi connectivity index (χ4v) is 4.36. The summed E-state index contributed by atoms with van der Waals surface area (Å²) < 4.78 is 1.47. The second-order valence-corrected chi connectivity index (χ2v) is 9.84. The van der Waals surface area contributed by atoms with Crippen LogP contribution in [-0.4, -0.2) is 32.6 Å². The molecule has 3 N–H and O–H groups in total. The zero-order valence-corrected chi connectivity index (χ0v) is 18.6. The van der Waals surface area contributed by atoms with Gasteiger partial charge in [-0.05, 0) is 23.8 Å². The van der Waals surface area contributed by atoms with Crippen LogP contribution in [-0.2, 0) is 10.2 Å². The standard InChI is InChI=1S/C22H33N5OS/c1-22(2,3)17-13-11-16(12-14-17)20-25-26-21(27(20)23)29-15-19(28)24-18-9-7-5-4-6-8-10-18/h11-14,18H,4-10,15,23H2,1-3H3,(H,24,28). The molecule has 3 rings (SSSR count). The van der Waals surface area contributed by atoms with Gasteiger partial charge in [0.1, 0.15) is 0 Å². The van der Waals surface area contributed by atoms with Crippen LogP contribution >= 0.6 is 11.8 Å². The predicted molar refractivity (Wildman–Crippen MR) is 119 cm³/mol. The first kappa shape index (κ1) is 21.7. The Morgan fingerprint density at radius 3 is 2.34 bits per heavy atom. The topological polar surface area (TPSA) is 85.8 Å². The molecule has 1 aromatic heterocycles. The van der Waals surface area contributed by atoms with Gasteiger partial charge in [-0.15, -0.1) is 10.2 Å². The molecule has 0 unspecified atom stereocenters. The van der Waals surface area contributed by atoms with Crippen LogP contribution in [0.5, 0.6) is 0 Å². The van der Waals surface area contributed by atoms with Gasteiger partial charge in [-0.1, -0.05) is 88.9 Å². The molecule has 1 aromatic carbocycles. The number of aromatic nitrogens is 3. The zero-order chi connectivity index (χ0) is 20.9. The molecule has 2 aromatic rings. The lowest BCUT2D eigenvalue weighted by Gasteiger charge is -2.20. The van der Waals surface area contributed by atoms with Crippen LogP contribution in [0.15, 0.2) is 29.4 Å². The number of thioether (sulfide) groups is 1. The minimum absolute atomic E-state index is 0.0413. The number of hydrogen-bond donors (Lipinski definition) is 2. The Bertz CT molecular complexity index is 802. The molecule has 0 aliphatic heterocycles. The van der Waals surface area contributed by atoms with Gasteiger partial charge >= 0.3 is 0 Å². The van der Waals surface area contributed by atoms with E-state index in [1.165, 1.54) is 54.1 Å². The quantitative estimate of drug-likeness (QED) is 0.562. The first-order valence-corrected chi connectivity index (χ1v) is 11.6. The first-order chi connectivity index (χ1) is 13.8. The summed E-state index contributed by atoms with van der Waals surface area (Å²) in [6, 6.07) is 8.53. The van der Waals surface area contributed by atoms with Gasteiger partial charge in [0.05, 0.1) is 5.75 Å². The van der Waals surface area contributed by atoms with Crippen LogP contribution in [0.4, 0.5) is 0 Å². The number of rotatable bonds is 5. The molecule has 0 atom stereocenters. The van der Waals surface area contributed by atoms with Gasteiger partial charge in [-0.25, -0.2) is 4.68 Å². The first-order valence-electron chi connectivity index (χ1n) is 10.6. The van der Waals surface area contributed by atoms with E-state index in [2.05, 4.69) is 48.4 Å². The number of nitrogen functional groups attached to an aromatic ring is 1. The number of hydrogen-bond acceptors (Lipinski definition) is 5. The van der Waals surface area contributed by atoms with Crippen molar-refractivity contribution in [1.82, 2.24) is 20.2 Å². The normalized spacial score (nSPS) is 16.2. The maximum absolute atomic E-state index is 12.4. The van der Waals surface area contributed by atoms with Gasteiger partial charge in [-0.2, -0.15) is 0 Å². The number of nitrogens with one attached hydrogen (secondary N) is 1. The number of nitrogens with zero attached hydrogens (tertiary/aromatic N) is 3. The highest BCUT2D eigenvalue weighted by Crippen LogP contribution is 2.26. The van der Waals surface area contributed by atoms with Crippen molar-refractivity contribution in [1.29, 1.82) is 0 Å². The Kier molecular flexibility index (Phi) is 7.22. The van der Waals surface area contributed by atoms with Gasteiger partial charge in [0.25, 0.3) is 0 Å². The number of carbonyl (C=O) groups is 1. The van der Waals surface area contributed by atoms with E-state index in [1.807, 2.05) is 12.1 Å². The van der Waals surface area contributed by atoms with E-state index >= 15 is 0 Å². The SMILES string of the molecule is CC(C)(C)c1ccc(-c2nnc(SCC(=O)NC3CCCCCCC3)n2N)cc1. The summed E-state index contributed by atoms with van der Waals surface area (Å²) in [4.78, 5) is 12.4. The Labute approximate surface area is 178 Å². The van der Waals surface area contributed by atoms with Crippen LogP contribution in [0.3, 0.4) is 0 Å². The third-order valence-electron chi connectivity index (χ3n) is 5.48. The molecule has 29 heavy (non-hydrogen) atoms. The van der Waals surface area contributed by atoms with Crippen molar-refractivity contribution < 1.29 is 4.79 Å². The highest BCUT2D eigenvalue weighted by Gasteiger charge is 2.18. The van der Waals surface area contributed by atoms with Gasteiger partial charge in [0.2, 0.25) is 11.1 Å². The van der Waals surface area contributed by atoms with Crippen LogP contribution in [0.25, 0.3) is 11.4 Å². The van der Waals surface area contributed by atoms with Gasteiger partial charge in [0, 0.05) is 11.6 Å². The van der Waals surface area contributed by atoms with Gasteiger partial charge < -0.3 is 11.2 Å². The molecule has 6 nitrogen and oxygen atoms in total. The molecule has 1 saturated carbocycles. The van der Waals surface area contributed by atoms with Gasteiger partial charge in [-0.3, -0.25) is 4.79 Å². The average molecular weight is 416 g/mol. The monoisotopic (exact) mass is 415 g/mol. The lowest BCUT2D eigenvalue weighted by atomic mass is 9.87. The minimum Gasteiger partial charge on any atom is -0.353 e. The van der Waals surface area contributed by atoms with Crippen molar-refractivity contribution in [2.45, 2.75) is 82.3 Å². The van der Waals surface area contributed by atoms with E-state index in [4.69, 9.17) is 5.84 Å². The van der Waals surface area contributed by atoms with Crippen LogP contribution in [0.1, 0.15) is 71.3 Å². The highest BCUT2D eigenvalue weighted by molar-refractivity contribution is 7.99. The summed E-state index contributed by atoms with van der Waals surface area (Å²) in [5.74, 6) is 7.15. The summed E-state index contributed by atoms with van der Waals surface area (Å²) in [7, 11) is 0. The Balaban J connectivity index is 1.57. The predicted octanol–water partition coefficient (Wildman–Crippen LogP) is 4.28. The molecule has 1 amide bonds. The van der Waals surface area contributed by atoms with E-state index in [-0.39, 0.29) is 11.3 Å². The number of benzene rings is 1. The van der Waals surface area contributed by atoms with E-state index in [9.17, 15) is 4.79 Å². The van der Waals surface area contributed by atoms with E-state index < -0.39 is 0 Å². The summed E-state index contributed by atoms with van der Waals surface area (Å²) in [5.41, 5.74) is 2.27. The van der Waals surface area contributed by atoms with Crippen LogP contribution in [0.2, 0.25) is 0 Å². The Morgan fingerprint density at radius 2 is 1.72 bits per heavy atom. The second-order valence-electron chi connectivity index (χ2n) is 8.90. The largest absolute Gasteiger partial charge is 0.353 e. The van der Waals surface area contributed by atoms with Crippen LogP contribution < -0.4 is 11.2 Å². The molecule has 1 heterocycles. The molecule has 0 bridgehead atoms. The van der Waals surface area contributed by atoms with Crippen molar-refractivity contribution in [2.75, 3.05) is 11.6 Å². The highest BCUT2D eigenvalue weighted by atomic mass is 32.2. The lowest BCUT2D eigenvalue weighted by Crippen LogP contribution is -2.36. The summed E-state index contributed by atoms with van der Waals surface area (Å²) in [6.07, 6.45) is 8.44. The van der Waals surface area contributed by atoms with Crippen molar-refractivity contribution in [3.63, 3.8) is 0 Å². The smallest absolute Gasteiger partial charge is 0.230 e. The van der Waals surface area contributed by atoms with Gasteiger partial charge in [0.15, 0.2) is 5.82 Å². The molecule has 0 radical (unpaired) electrons. The molecule has 0 saturated heterocycles. The molecule has 158 valence electrons. The maximum Gasteiger partial charge on any atom is 0.230 e. The fraction of sp³-hybridized carbons (Fsp3) is 0.591. The van der Waals surface area contributed by atoms with Crippen molar-refractivity contribution in [3.05, 3.63) is 29.8 Å². The lowest BCUT2D eigenvalue weighted by molar-refractivity contribution is -0.119. The number of carbonyl (C=O) groups excluding carboxylic acids is 1. The molecule has 1 fully saturated rings. The summed E-state index contributed by atoms with van der Waals surface area (Å²) in [6.45, 7) is 6.55. The fourth-order valence-electron chi connectivity index (χ4n) is 3.69. The van der Waals surface area contributed by atoms with E-state index in [0.717, 1.165) is 18.4 Å². The molecule has 1 aliphatic rings. The van der Waals surface area contributed by atoms with Crippen LogP contribution in [0, 0.1) is 0 Å². The second kappa shape index (κ2) is 9.65. The van der Waals surface area contributed by atoms with Crippen molar-refractivity contribution in [2.24, 2.45) is 0 Å². The average Bonchev–Trinajstić information content (AvgIpc) is 3.02. The minimum atomic E-state index is 0.0413. The van der Waals surface area contributed by atoms with E-state index in [0.29, 0.717) is 22.8 Å². The van der Waals surface area contributed by atoms with Crippen molar-refractivity contribution in [3.8, 4) is 11.4 Å². The zero-order valence-electron chi connectivity index (χ0n) is 17.8. The molecule has 1 aliphatic carbocycles. The molecule has 0 spiro atoms. The Morgan fingerprint density at radius 1 is 1.10 bits per heavy atom. The summed E-state index contributed by atoms with van der Waals surface area (Å²) >= 11 is 1.33. The molecular formula is C22H33N5OS.